The van der Waals surface area contributed by atoms with E-state index in [1.807, 2.05) is 13.8 Å². The van der Waals surface area contributed by atoms with Crippen LogP contribution in [0, 0.1) is 6.92 Å². The maximum Gasteiger partial charge on any atom is 0.339 e. The van der Waals surface area contributed by atoms with E-state index in [0.717, 1.165) is 10.4 Å². The van der Waals surface area contributed by atoms with E-state index in [9.17, 15) is 19.5 Å². The molecule has 0 saturated carbocycles. The molecule has 1 aliphatic heterocycles. The monoisotopic (exact) mass is 356 g/mol. The van der Waals surface area contributed by atoms with E-state index in [0.29, 0.717) is 29.5 Å². The van der Waals surface area contributed by atoms with Gasteiger partial charge in [0, 0.05) is 17.1 Å². The van der Waals surface area contributed by atoms with E-state index in [1.165, 1.54) is 23.1 Å². The normalized spacial score (nSPS) is 17.3. The maximum atomic E-state index is 12.5. The molecule has 2 rings (SSSR count). The molecule has 1 fully saturated rings. The highest BCUT2D eigenvalue weighted by Crippen LogP contribution is 2.34. The van der Waals surface area contributed by atoms with Gasteiger partial charge < -0.3 is 15.3 Å². The van der Waals surface area contributed by atoms with Gasteiger partial charge in [-0.05, 0) is 18.9 Å². The highest BCUT2D eigenvalue weighted by Gasteiger charge is 2.35. The number of carboxylic acid groups (broad SMARTS) is 1. The summed E-state index contributed by atoms with van der Waals surface area (Å²) in [5.74, 6) is -0.386. The van der Waals surface area contributed by atoms with Crippen molar-refractivity contribution in [3.8, 4) is 0 Å². The molecule has 6 nitrogen and oxygen atoms in total. The molecule has 0 radical (unpaired) electrons. The lowest BCUT2D eigenvalue weighted by Crippen LogP contribution is -2.44. The number of aromatic carboxylic acids is 1. The number of thioether (sulfide) groups is 1. The Bertz CT molecular complexity index is 642. The first-order valence-corrected chi connectivity index (χ1v) is 9.41. The number of anilines is 1. The number of nitrogens with zero attached hydrogens (tertiary/aromatic N) is 1. The lowest BCUT2D eigenvalue weighted by Gasteiger charge is -2.22. The van der Waals surface area contributed by atoms with E-state index in [-0.39, 0.29) is 17.4 Å². The van der Waals surface area contributed by atoms with E-state index in [2.05, 4.69) is 5.32 Å². The molecule has 8 heteroatoms. The predicted molar refractivity (Wildman–Crippen MR) is 92.3 cm³/mol. The topological polar surface area (TPSA) is 86.7 Å². The van der Waals surface area contributed by atoms with Crippen LogP contribution in [0.25, 0.3) is 0 Å². The molecular formula is C15H20N2O4S2. The molecule has 1 aromatic heterocycles. The molecule has 23 heavy (non-hydrogen) atoms. The summed E-state index contributed by atoms with van der Waals surface area (Å²) in [7, 11) is 0. The molecule has 1 atom stereocenters. The Hall–Kier alpha value is -1.54. The SMILES string of the molecule is CCC(=O)N1CSCC1C(=O)Nc1sc(C)c(CC)c1C(=O)O. The van der Waals surface area contributed by atoms with Gasteiger partial charge in [-0.2, -0.15) is 0 Å². The lowest BCUT2D eigenvalue weighted by atomic mass is 10.1. The van der Waals surface area contributed by atoms with Crippen molar-refractivity contribution in [3.63, 3.8) is 0 Å². The highest BCUT2D eigenvalue weighted by atomic mass is 32.2. The number of hydrogen-bond donors (Lipinski definition) is 2. The zero-order chi connectivity index (χ0) is 17.1. The minimum absolute atomic E-state index is 0.0646. The first kappa shape index (κ1) is 17.8. The van der Waals surface area contributed by atoms with Gasteiger partial charge in [-0.3, -0.25) is 9.59 Å². The molecule has 0 aliphatic carbocycles. The fourth-order valence-corrected chi connectivity index (χ4v) is 4.94. The van der Waals surface area contributed by atoms with Gasteiger partial charge in [-0.15, -0.1) is 23.1 Å². The van der Waals surface area contributed by atoms with Gasteiger partial charge in [0.2, 0.25) is 11.8 Å². The Labute approximate surface area is 143 Å². The summed E-state index contributed by atoms with van der Waals surface area (Å²) in [6.45, 7) is 5.51. The van der Waals surface area contributed by atoms with Crippen LogP contribution in [0.1, 0.15) is 41.1 Å². The highest BCUT2D eigenvalue weighted by molar-refractivity contribution is 7.99. The van der Waals surface area contributed by atoms with Gasteiger partial charge >= 0.3 is 5.97 Å². The van der Waals surface area contributed by atoms with Crippen LogP contribution < -0.4 is 5.32 Å². The Morgan fingerprint density at radius 2 is 2.04 bits per heavy atom. The van der Waals surface area contributed by atoms with Gasteiger partial charge in [0.25, 0.3) is 0 Å². The van der Waals surface area contributed by atoms with Crippen LogP contribution in [0.5, 0.6) is 0 Å². The number of carbonyl (C=O) groups is 3. The van der Waals surface area contributed by atoms with Gasteiger partial charge in [-0.1, -0.05) is 13.8 Å². The number of nitrogens with one attached hydrogen (secondary N) is 1. The van der Waals surface area contributed by atoms with Crippen LogP contribution in [0.15, 0.2) is 0 Å². The molecule has 2 heterocycles. The lowest BCUT2D eigenvalue weighted by molar-refractivity contribution is -0.135. The van der Waals surface area contributed by atoms with Gasteiger partial charge in [0.05, 0.1) is 11.4 Å². The average Bonchev–Trinajstić information content (AvgIpc) is 3.10. The van der Waals surface area contributed by atoms with E-state index in [4.69, 9.17) is 0 Å². The zero-order valence-corrected chi connectivity index (χ0v) is 15.0. The number of aryl methyl sites for hydroxylation is 1. The summed E-state index contributed by atoms with van der Waals surface area (Å²) in [5.41, 5.74) is 0.919. The molecule has 2 N–H and O–H groups in total. The molecule has 2 amide bonds. The standard InChI is InChI=1S/C15H20N2O4S2/c1-4-9-8(3)23-14(12(9)15(20)21)16-13(19)10-6-22-7-17(10)11(18)5-2/h10H,4-7H2,1-3H3,(H,16,19)(H,20,21). The van der Waals surface area contributed by atoms with Gasteiger partial charge in [-0.25, -0.2) is 4.79 Å². The number of carboxylic acids is 1. The smallest absolute Gasteiger partial charge is 0.339 e. The second-order valence-corrected chi connectivity index (χ2v) is 7.45. The fraction of sp³-hybridized carbons (Fsp3) is 0.533. The number of amides is 2. The summed E-state index contributed by atoms with van der Waals surface area (Å²) in [6, 6.07) is -0.540. The van der Waals surface area contributed by atoms with Crippen LogP contribution in [-0.4, -0.2) is 45.5 Å². The van der Waals surface area contributed by atoms with Crippen molar-refractivity contribution in [2.75, 3.05) is 16.9 Å². The maximum absolute atomic E-state index is 12.5. The van der Waals surface area contributed by atoms with Crippen molar-refractivity contribution in [2.24, 2.45) is 0 Å². The fourth-order valence-electron chi connectivity index (χ4n) is 2.62. The van der Waals surface area contributed by atoms with Crippen molar-refractivity contribution < 1.29 is 19.5 Å². The Kier molecular flexibility index (Phi) is 5.69. The second kappa shape index (κ2) is 7.35. The van der Waals surface area contributed by atoms with Crippen molar-refractivity contribution >= 4 is 45.9 Å². The minimum atomic E-state index is -1.04. The van der Waals surface area contributed by atoms with Crippen LogP contribution in [-0.2, 0) is 16.0 Å². The summed E-state index contributed by atoms with van der Waals surface area (Å²) >= 11 is 2.80. The van der Waals surface area contributed by atoms with Crippen LogP contribution in [0.4, 0.5) is 5.00 Å². The molecule has 126 valence electrons. The quantitative estimate of drug-likeness (QED) is 0.847. The molecule has 1 saturated heterocycles. The first-order chi connectivity index (χ1) is 10.9. The summed E-state index contributed by atoms with van der Waals surface area (Å²) in [6.07, 6.45) is 0.947. The predicted octanol–water partition coefficient (Wildman–Crippen LogP) is 2.57. The van der Waals surface area contributed by atoms with E-state index < -0.39 is 12.0 Å². The van der Waals surface area contributed by atoms with Crippen molar-refractivity contribution in [3.05, 3.63) is 16.0 Å². The van der Waals surface area contributed by atoms with Gasteiger partial charge in [0.15, 0.2) is 0 Å². The Morgan fingerprint density at radius 1 is 1.35 bits per heavy atom. The van der Waals surface area contributed by atoms with Gasteiger partial charge in [0.1, 0.15) is 11.0 Å². The second-order valence-electron chi connectivity index (χ2n) is 5.22. The van der Waals surface area contributed by atoms with E-state index >= 15 is 0 Å². The molecule has 1 unspecified atom stereocenters. The summed E-state index contributed by atoms with van der Waals surface area (Å²) < 4.78 is 0. The van der Waals surface area contributed by atoms with Crippen LogP contribution in [0.2, 0.25) is 0 Å². The Balaban J connectivity index is 2.24. The third-order valence-corrected chi connectivity index (χ3v) is 5.90. The Morgan fingerprint density at radius 3 is 2.61 bits per heavy atom. The number of hydrogen-bond acceptors (Lipinski definition) is 5. The summed E-state index contributed by atoms with van der Waals surface area (Å²) in [4.78, 5) is 38.4. The third-order valence-electron chi connectivity index (χ3n) is 3.82. The number of rotatable bonds is 5. The van der Waals surface area contributed by atoms with Crippen LogP contribution >= 0.6 is 23.1 Å². The molecule has 0 aromatic carbocycles. The van der Waals surface area contributed by atoms with Crippen LogP contribution in [0.3, 0.4) is 0 Å². The first-order valence-electron chi connectivity index (χ1n) is 7.44. The molecule has 0 spiro atoms. The molecule has 0 bridgehead atoms. The van der Waals surface area contributed by atoms with E-state index in [1.54, 1.807) is 11.8 Å². The molecular weight excluding hydrogens is 336 g/mol. The number of thiophene rings is 1. The van der Waals surface area contributed by atoms with Crippen molar-refractivity contribution in [2.45, 2.75) is 39.7 Å². The van der Waals surface area contributed by atoms with Crippen molar-refractivity contribution in [1.29, 1.82) is 0 Å². The molecule has 1 aromatic rings. The number of carbonyl (C=O) groups excluding carboxylic acids is 2. The molecule has 1 aliphatic rings. The average molecular weight is 356 g/mol. The largest absolute Gasteiger partial charge is 0.478 e. The minimum Gasteiger partial charge on any atom is -0.478 e. The third kappa shape index (κ3) is 3.53. The summed E-state index contributed by atoms with van der Waals surface area (Å²) in [5, 5.41) is 12.5. The zero-order valence-electron chi connectivity index (χ0n) is 13.3. The van der Waals surface area contributed by atoms with Crippen molar-refractivity contribution in [1.82, 2.24) is 4.90 Å².